The number of hydrogen-bond donors (Lipinski definition) is 1. The SMILES string of the molecule is O=C(O)Cc1c(C(F)F)cc(OC(F)(F)F)nc1CCl. The molecular formula is C10H7ClF5NO3. The number of halogens is 6. The second-order valence-electron chi connectivity index (χ2n) is 3.53. The second kappa shape index (κ2) is 6.21. The maximum Gasteiger partial charge on any atom is 0.574 e. The molecule has 0 amide bonds. The van der Waals surface area contributed by atoms with E-state index in [1.807, 2.05) is 0 Å². The maximum atomic E-state index is 12.8. The lowest BCUT2D eigenvalue weighted by Gasteiger charge is -2.14. The number of carboxylic acid groups (broad SMARTS) is 1. The van der Waals surface area contributed by atoms with E-state index in [1.54, 1.807) is 0 Å². The number of pyridine rings is 1. The fraction of sp³-hybridized carbons (Fsp3) is 0.400. The van der Waals surface area contributed by atoms with Crippen molar-refractivity contribution in [3.05, 3.63) is 22.9 Å². The van der Waals surface area contributed by atoms with Gasteiger partial charge in [0.2, 0.25) is 5.88 Å². The molecule has 0 aliphatic rings. The van der Waals surface area contributed by atoms with Gasteiger partial charge in [-0.15, -0.1) is 24.8 Å². The molecule has 112 valence electrons. The highest BCUT2D eigenvalue weighted by Crippen LogP contribution is 2.31. The molecule has 0 unspecified atom stereocenters. The Balaban J connectivity index is 3.34. The van der Waals surface area contributed by atoms with Crippen LogP contribution in [-0.2, 0) is 17.1 Å². The molecule has 0 radical (unpaired) electrons. The summed E-state index contributed by atoms with van der Waals surface area (Å²) in [6.07, 6.45) is -9.13. The van der Waals surface area contributed by atoms with Crippen molar-refractivity contribution < 1.29 is 36.6 Å². The van der Waals surface area contributed by atoms with Gasteiger partial charge in [-0.3, -0.25) is 4.79 Å². The third kappa shape index (κ3) is 4.48. The van der Waals surface area contributed by atoms with Gasteiger partial charge in [-0.25, -0.2) is 13.8 Å². The molecule has 0 fully saturated rings. The molecule has 1 N–H and O–H groups in total. The van der Waals surface area contributed by atoms with Crippen molar-refractivity contribution in [2.24, 2.45) is 0 Å². The summed E-state index contributed by atoms with van der Waals surface area (Å²) >= 11 is 5.40. The molecule has 0 spiro atoms. The van der Waals surface area contributed by atoms with Gasteiger partial charge in [0, 0.05) is 11.6 Å². The number of alkyl halides is 6. The van der Waals surface area contributed by atoms with Gasteiger partial charge in [-0.2, -0.15) is 0 Å². The summed E-state index contributed by atoms with van der Waals surface area (Å²) in [6, 6.07) is 0.354. The van der Waals surface area contributed by atoms with E-state index in [9.17, 15) is 26.7 Å². The molecule has 0 aromatic carbocycles. The van der Waals surface area contributed by atoms with Crippen LogP contribution in [0.15, 0.2) is 6.07 Å². The molecule has 1 rings (SSSR count). The summed E-state index contributed by atoms with van der Waals surface area (Å²) in [5.74, 6) is -3.08. The highest BCUT2D eigenvalue weighted by atomic mass is 35.5. The third-order valence-corrected chi connectivity index (χ3v) is 2.38. The predicted octanol–water partition coefficient (Wildman–Crippen LogP) is 3.28. The van der Waals surface area contributed by atoms with Crippen LogP contribution in [0.25, 0.3) is 0 Å². The van der Waals surface area contributed by atoms with E-state index in [0.717, 1.165) is 0 Å². The fourth-order valence-corrected chi connectivity index (χ4v) is 1.67. The Kier molecular flexibility index (Phi) is 5.09. The van der Waals surface area contributed by atoms with Crippen LogP contribution in [0, 0.1) is 0 Å². The zero-order valence-electron chi connectivity index (χ0n) is 9.55. The number of rotatable bonds is 5. The number of nitrogens with zero attached hydrogens (tertiary/aromatic N) is 1. The van der Waals surface area contributed by atoms with Gasteiger partial charge in [-0.1, -0.05) is 0 Å². The van der Waals surface area contributed by atoms with Gasteiger partial charge in [-0.05, 0) is 5.56 Å². The minimum Gasteiger partial charge on any atom is -0.481 e. The molecular weight excluding hydrogens is 313 g/mol. The first kappa shape index (κ1) is 16.4. The van der Waals surface area contributed by atoms with E-state index >= 15 is 0 Å². The number of carbonyl (C=O) groups is 1. The molecule has 0 saturated heterocycles. The summed E-state index contributed by atoms with van der Waals surface area (Å²) in [6.45, 7) is 0. The Morgan fingerprint density at radius 2 is 2.05 bits per heavy atom. The van der Waals surface area contributed by atoms with Crippen molar-refractivity contribution in [1.29, 1.82) is 0 Å². The minimum absolute atomic E-state index is 0.354. The summed E-state index contributed by atoms with van der Waals surface area (Å²) in [7, 11) is 0. The first-order valence-corrected chi connectivity index (χ1v) is 5.52. The Bertz CT molecular complexity index is 506. The Labute approximate surface area is 114 Å². The van der Waals surface area contributed by atoms with Crippen LogP contribution in [0.3, 0.4) is 0 Å². The molecule has 0 atom stereocenters. The standard InChI is InChI=1S/C10H7ClF5NO3/c11-3-6-4(2-8(18)19)5(9(12)13)1-7(17-6)20-10(14,15)16/h1,9H,2-3H2,(H,18,19). The number of aromatic nitrogens is 1. The van der Waals surface area contributed by atoms with Gasteiger partial charge in [0.25, 0.3) is 6.43 Å². The minimum atomic E-state index is -5.11. The van der Waals surface area contributed by atoms with E-state index in [2.05, 4.69) is 9.72 Å². The smallest absolute Gasteiger partial charge is 0.481 e. The van der Waals surface area contributed by atoms with E-state index in [4.69, 9.17) is 16.7 Å². The summed E-state index contributed by atoms with van der Waals surface area (Å²) in [5, 5.41) is 8.62. The van der Waals surface area contributed by atoms with Gasteiger partial charge in [0.1, 0.15) is 0 Å². The van der Waals surface area contributed by atoms with Crippen molar-refractivity contribution in [2.75, 3.05) is 0 Å². The van der Waals surface area contributed by atoms with E-state index in [1.165, 1.54) is 0 Å². The van der Waals surface area contributed by atoms with Crippen molar-refractivity contribution in [2.45, 2.75) is 25.1 Å². The normalized spacial score (nSPS) is 11.8. The molecule has 20 heavy (non-hydrogen) atoms. The fourth-order valence-electron chi connectivity index (χ4n) is 1.45. The molecule has 0 saturated carbocycles. The Hall–Kier alpha value is -1.64. The molecule has 0 bridgehead atoms. The maximum absolute atomic E-state index is 12.8. The third-order valence-electron chi connectivity index (χ3n) is 2.13. The molecule has 1 heterocycles. The molecule has 4 nitrogen and oxygen atoms in total. The average Bonchev–Trinajstić information content (AvgIpc) is 2.27. The van der Waals surface area contributed by atoms with Crippen LogP contribution < -0.4 is 4.74 Å². The molecule has 1 aromatic heterocycles. The number of aliphatic carboxylic acids is 1. The van der Waals surface area contributed by atoms with Crippen molar-refractivity contribution in [3.8, 4) is 5.88 Å². The van der Waals surface area contributed by atoms with Gasteiger partial charge in [0.05, 0.1) is 18.0 Å². The monoisotopic (exact) mass is 319 g/mol. The van der Waals surface area contributed by atoms with Crippen LogP contribution in [0.5, 0.6) is 5.88 Å². The van der Waals surface area contributed by atoms with Crippen molar-refractivity contribution in [1.82, 2.24) is 4.98 Å². The summed E-state index contributed by atoms with van der Waals surface area (Å²) < 4.78 is 65.2. The number of carboxylic acids is 1. The highest BCUT2D eigenvalue weighted by Gasteiger charge is 2.33. The quantitative estimate of drug-likeness (QED) is 0.668. The van der Waals surface area contributed by atoms with Gasteiger partial charge < -0.3 is 9.84 Å². The molecule has 0 aliphatic heterocycles. The van der Waals surface area contributed by atoms with Gasteiger partial charge in [0.15, 0.2) is 0 Å². The Morgan fingerprint density at radius 3 is 2.45 bits per heavy atom. The second-order valence-corrected chi connectivity index (χ2v) is 3.79. The van der Waals surface area contributed by atoms with Crippen LogP contribution in [0.2, 0.25) is 0 Å². The highest BCUT2D eigenvalue weighted by molar-refractivity contribution is 6.17. The molecule has 1 aromatic rings. The first-order valence-electron chi connectivity index (χ1n) is 4.98. The average molecular weight is 320 g/mol. The summed E-state index contributed by atoms with van der Waals surface area (Å²) in [4.78, 5) is 13.9. The largest absolute Gasteiger partial charge is 0.574 e. The van der Waals surface area contributed by atoms with Gasteiger partial charge >= 0.3 is 12.3 Å². The first-order chi connectivity index (χ1) is 9.14. The number of hydrogen-bond acceptors (Lipinski definition) is 3. The zero-order valence-corrected chi connectivity index (χ0v) is 10.3. The van der Waals surface area contributed by atoms with E-state index < -0.39 is 53.8 Å². The lowest BCUT2D eigenvalue weighted by atomic mass is 10.0. The lowest BCUT2D eigenvalue weighted by Crippen LogP contribution is -2.19. The summed E-state index contributed by atoms with van der Waals surface area (Å²) in [5.41, 5.74) is -1.72. The van der Waals surface area contributed by atoms with Crippen LogP contribution >= 0.6 is 11.6 Å². The number of ether oxygens (including phenoxy) is 1. The Morgan fingerprint density at radius 1 is 1.45 bits per heavy atom. The van der Waals surface area contributed by atoms with Crippen LogP contribution in [0.1, 0.15) is 23.2 Å². The van der Waals surface area contributed by atoms with E-state index in [0.29, 0.717) is 6.07 Å². The predicted molar refractivity (Wildman–Crippen MR) is 56.8 cm³/mol. The topological polar surface area (TPSA) is 59.4 Å². The molecule has 0 aliphatic carbocycles. The van der Waals surface area contributed by atoms with Crippen LogP contribution in [-0.4, -0.2) is 22.4 Å². The lowest BCUT2D eigenvalue weighted by molar-refractivity contribution is -0.276. The van der Waals surface area contributed by atoms with Crippen LogP contribution in [0.4, 0.5) is 22.0 Å². The van der Waals surface area contributed by atoms with E-state index in [-0.39, 0.29) is 0 Å². The molecule has 10 heteroatoms. The zero-order chi connectivity index (χ0) is 15.5. The van der Waals surface area contributed by atoms with Crippen molar-refractivity contribution >= 4 is 17.6 Å². The van der Waals surface area contributed by atoms with Crippen molar-refractivity contribution in [3.63, 3.8) is 0 Å².